The zero-order valence-corrected chi connectivity index (χ0v) is 24.5. The molecule has 5 rings (SSSR count). The molecule has 3 aromatic rings. The SMILES string of the molecule is C[C@@H]1C[C@@H]2O[C@H](c3ccccc3)OC[C@H]2O[C@@H](CO[Si](c2ccccc2)(c2ccccc2)C(C)(C)C)[C@@H](O)C1. The normalized spacial score (nSPS) is 28.2. The van der Waals surface area contributed by atoms with Crippen LogP contribution in [0.15, 0.2) is 91.0 Å². The van der Waals surface area contributed by atoms with Gasteiger partial charge in [-0.25, -0.2) is 0 Å². The van der Waals surface area contributed by atoms with E-state index in [1.54, 1.807) is 0 Å². The molecule has 1 N–H and O–H groups in total. The molecule has 39 heavy (non-hydrogen) atoms. The van der Waals surface area contributed by atoms with Crippen LogP contribution in [0.5, 0.6) is 0 Å². The number of hydrogen-bond donors (Lipinski definition) is 1. The molecule has 5 nitrogen and oxygen atoms in total. The van der Waals surface area contributed by atoms with Gasteiger partial charge in [0.15, 0.2) is 6.29 Å². The Morgan fingerprint density at radius 2 is 1.36 bits per heavy atom. The Kier molecular flexibility index (Phi) is 8.71. The molecule has 0 unspecified atom stereocenters. The standard InChI is InChI=1S/C33H42O5Si/c1-24-20-28(34)30(37-31-22-35-32(38-29(31)21-24)25-14-8-5-9-15-25)23-36-39(33(2,3)4,26-16-10-6-11-17-26)27-18-12-7-13-19-27/h5-19,24,28-32,34H,20-23H2,1-4H3/t24-,28-,29-,30-,31+,32+/m0/s1. The molecule has 2 fully saturated rings. The van der Waals surface area contributed by atoms with Gasteiger partial charge in [0, 0.05) is 5.56 Å². The summed E-state index contributed by atoms with van der Waals surface area (Å²) in [6.07, 6.45) is -0.445. The van der Waals surface area contributed by atoms with Gasteiger partial charge in [-0.3, -0.25) is 0 Å². The molecular weight excluding hydrogens is 504 g/mol. The molecular formula is C33H42O5Si. The lowest BCUT2D eigenvalue weighted by atomic mass is 9.90. The molecule has 2 heterocycles. The van der Waals surface area contributed by atoms with E-state index in [0.29, 0.717) is 19.6 Å². The molecule has 2 aliphatic rings. The Hall–Kier alpha value is -2.32. The summed E-state index contributed by atoms with van der Waals surface area (Å²) in [5, 5.41) is 13.6. The quantitative estimate of drug-likeness (QED) is 0.430. The lowest BCUT2D eigenvalue weighted by molar-refractivity contribution is -0.287. The van der Waals surface area contributed by atoms with Crippen LogP contribution in [0.25, 0.3) is 0 Å². The van der Waals surface area contributed by atoms with Crippen LogP contribution in [0.2, 0.25) is 5.04 Å². The lowest BCUT2D eigenvalue weighted by Gasteiger charge is -2.45. The van der Waals surface area contributed by atoms with Crippen molar-refractivity contribution in [2.75, 3.05) is 13.2 Å². The Balaban J connectivity index is 1.41. The predicted octanol–water partition coefficient (Wildman–Crippen LogP) is 5.22. The number of aliphatic hydroxyl groups is 1. The van der Waals surface area contributed by atoms with Gasteiger partial charge in [0.05, 0.1) is 25.4 Å². The first-order valence-electron chi connectivity index (χ1n) is 14.2. The van der Waals surface area contributed by atoms with Gasteiger partial charge in [-0.2, -0.15) is 0 Å². The van der Waals surface area contributed by atoms with E-state index < -0.39 is 26.8 Å². The van der Waals surface area contributed by atoms with Gasteiger partial charge in [-0.1, -0.05) is 119 Å². The molecule has 3 aromatic carbocycles. The second kappa shape index (κ2) is 12.0. The van der Waals surface area contributed by atoms with Gasteiger partial charge in [-0.05, 0) is 34.2 Å². The highest BCUT2D eigenvalue weighted by Crippen LogP contribution is 2.38. The molecule has 2 saturated heterocycles. The number of hydrogen-bond acceptors (Lipinski definition) is 5. The van der Waals surface area contributed by atoms with Gasteiger partial charge in [0.2, 0.25) is 0 Å². The molecule has 0 bridgehead atoms. The van der Waals surface area contributed by atoms with E-state index in [0.717, 1.165) is 12.0 Å². The number of fused-ring (bicyclic) bond motifs is 1. The Bertz CT molecular complexity index is 1130. The van der Waals surface area contributed by atoms with Crippen LogP contribution >= 0.6 is 0 Å². The summed E-state index contributed by atoms with van der Waals surface area (Å²) in [5.74, 6) is 0.279. The smallest absolute Gasteiger partial charge is 0.261 e. The van der Waals surface area contributed by atoms with Crippen molar-refractivity contribution >= 4 is 18.7 Å². The highest BCUT2D eigenvalue weighted by atomic mass is 28.4. The van der Waals surface area contributed by atoms with Crippen LogP contribution in [0.3, 0.4) is 0 Å². The van der Waals surface area contributed by atoms with Crippen molar-refractivity contribution in [2.24, 2.45) is 5.92 Å². The first kappa shape index (κ1) is 28.2. The third kappa shape index (κ3) is 6.07. The number of rotatable bonds is 6. The highest BCUT2D eigenvalue weighted by molar-refractivity contribution is 6.99. The molecule has 6 heteroatoms. The fourth-order valence-electron chi connectivity index (χ4n) is 6.19. The van der Waals surface area contributed by atoms with E-state index in [1.807, 2.05) is 42.5 Å². The van der Waals surface area contributed by atoms with Gasteiger partial charge in [0.25, 0.3) is 8.32 Å². The summed E-state index contributed by atoms with van der Waals surface area (Å²) in [7, 11) is -2.76. The predicted molar refractivity (Wildman–Crippen MR) is 157 cm³/mol. The Morgan fingerprint density at radius 3 is 1.92 bits per heavy atom. The third-order valence-corrected chi connectivity index (χ3v) is 13.1. The first-order chi connectivity index (χ1) is 18.8. The van der Waals surface area contributed by atoms with E-state index in [4.69, 9.17) is 18.6 Å². The summed E-state index contributed by atoms with van der Waals surface area (Å²) >= 11 is 0. The summed E-state index contributed by atoms with van der Waals surface area (Å²) in [6.45, 7) is 9.69. The zero-order chi connectivity index (χ0) is 27.5. The first-order valence-corrected chi connectivity index (χ1v) is 16.1. The van der Waals surface area contributed by atoms with Crippen molar-refractivity contribution in [3.63, 3.8) is 0 Å². The largest absolute Gasteiger partial charge is 0.405 e. The maximum atomic E-state index is 11.3. The molecule has 0 aromatic heterocycles. The molecule has 0 saturated carbocycles. The zero-order valence-electron chi connectivity index (χ0n) is 23.5. The maximum Gasteiger partial charge on any atom is 0.261 e. The molecule has 0 amide bonds. The average Bonchev–Trinajstić information content (AvgIpc) is 2.93. The van der Waals surface area contributed by atoms with Gasteiger partial charge < -0.3 is 23.7 Å². The van der Waals surface area contributed by atoms with Crippen molar-refractivity contribution in [3.05, 3.63) is 96.6 Å². The van der Waals surface area contributed by atoms with Gasteiger partial charge in [0.1, 0.15) is 12.2 Å². The summed E-state index contributed by atoms with van der Waals surface area (Å²) < 4.78 is 26.3. The van der Waals surface area contributed by atoms with E-state index >= 15 is 0 Å². The van der Waals surface area contributed by atoms with Crippen molar-refractivity contribution in [1.29, 1.82) is 0 Å². The van der Waals surface area contributed by atoms with Crippen molar-refractivity contribution in [3.8, 4) is 0 Å². The van der Waals surface area contributed by atoms with E-state index in [1.165, 1.54) is 10.4 Å². The second-order valence-corrected chi connectivity index (χ2v) is 16.4. The molecule has 2 aliphatic heterocycles. The minimum absolute atomic E-state index is 0.109. The third-order valence-electron chi connectivity index (χ3n) is 8.13. The fraction of sp³-hybridized carbons (Fsp3) is 0.455. The van der Waals surface area contributed by atoms with Gasteiger partial charge >= 0.3 is 0 Å². The van der Waals surface area contributed by atoms with Crippen LogP contribution in [-0.2, 0) is 18.6 Å². The molecule has 6 atom stereocenters. The fourth-order valence-corrected chi connectivity index (χ4v) is 10.8. The van der Waals surface area contributed by atoms with E-state index in [2.05, 4.69) is 76.2 Å². The molecule has 0 spiro atoms. The minimum atomic E-state index is -2.76. The molecule has 208 valence electrons. The molecule has 0 radical (unpaired) electrons. The van der Waals surface area contributed by atoms with Crippen LogP contribution in [0, 0.1) is 5.92 Å². The molecule has 0 aliphatic carbocycles. The Labute approximate surface area is 234 Å². The maximum absolute atomic E-state index is 11.3. The minimum Gasteiger partial charge on any atom is -0.405 e. The van der Waals surface area contributed by atoms with Crippen LogP contribution in [0.4, 0.5) is 0 Å². The number of benzene rings is 3. The summed E-state index contributed by atoms with van der Waals surface area (Å²) in [5.41, 5.74) is 1.01. The summed E-state index contributed by atoms with van der Waals surface area (Å²) in [4.78, 5) is 0. The van der Waals surface area contributed by atoms with Crippen molar-refractivity contribution in [2.45, 2.75) is 76.3 Å². The Morgan fingerprint density at radius 1 is 0.795 bits per heavy atom. The number of ether oxygens (including phenoxy) is 3. The van der Waals surface area contributed by atoms with Crippen LogP contribution in [0.1, 0.15) is 52.4 Å². The number of aliphatic hydroxyl groups excluding tert-OH is 1. The second-order valence-electron chi connectivity index (χ2n) is 12.1. The monoisotopic (exact) mass is 546 g/mol. The lowest BCUT2D eigenvalue weighted by Crippen LogP contribution is -2.67. The topological polar surface area (TPSA) is 57.2 Å². The van der Waals surface area contributed by atoms with Crippen molar-refractivity contribution < 1.29 is 23.7 Å². The van der Waals surface area contributed by atoms with Gasteiger partial charge in [-0.15, -0.1) is 0 Å². The van der Waals surface area contributed by atoms with Crippen LogP contribution < -0.4 is 10.4 Å². The van der Waals surface area contributed by atoms with E-state index in [9.17, 15) is 5.11 Å². The van der Waals surface area contributed by atoms with Crippen LogP contribution in [-0.4, -0.2) is 51.1 Å². The van der Waals surface area contributed by atoms with E-state index in [-0.39, 0.29) is 23.2 Å². The van der Waals surface area contributed by atoms with Crippen molar-refractivity contribution in [1.82, 2.24) is 0 Å². The summed E-state index contributed by atoms with van der Waals surface area (Å²) in [6, 6.07) is 31.2. The highest BCUT2D eigenvalue weighted by Gasteiger charge is 2.51. The average molecular weight is 547 g/mol.